The van der Waals surface area contributed by atoms with Crippen LogP contribution in [0.3, 0.4) is 0 Å². The molecule has 0 aliphatic heterocycles. The van der Waals surface area contributed by atoms with E-state index in [2.05, 4.69) is 125 Å². The van der Waals surface area contributed by atoms with Gasteiger partial charge in [-0.05, 0) is 128 Å². The van der Waals surface area contributed by atoms with E-state index >= 15 is 0 Å². The number of hydrogen-bond acceptors (Lipinski definition) is 0. The zero-order valence-electron chi connectivity index (χ0n) is 21.2. The van der Waals surface area contributed by atoms with Gasteiger partial charge in [-0.25, -0.2) is 0 Å². The summed E-state index contributed by atoms with van der Waals surface area (Å²) in [6, 6.07) is 36.7. The summed E-state index contributed by atoms with van der Waals surface area (Å²) in [6.07, 6.45) is 0. The van der Waals surface area contributed by atoms with Crippen molar-refractivity contribution in [3.8, 4) is 22.3 Å². The van der Waals surface area contributed by atoms with Crippen LogP contribution in [0.15, 0.2) is 97.1 Å². The first-order chi connectivity index (χ1) is 17.5. The van der Waals surface area contributed by atoms with Gasteiger partial charge in [-0.15, -0.1) is 0 Å². The van der Waals surface area contributed by atoms with Crippen molar-refractivity contribution in [3.05, 3.63) is 119 Å². The molecule has 36 heavy (non-hydrogen) atoms. The molecule has 0 heteroatoms. The average molecular weight is 461 g/mol. The molecule has 0 unspecified atom stereocenters. The zero-order valence-corrected chi connectivity index (χ0v) is 21.2. The smallest absolute Gasteiger partial charge is 0.00233 e. The third-order valence-corrected chi connectivity index (χ3v) is 8.02. The number of rotatable bonds is 2. The summed E-state index contributed by atoms with van der Waals surface area (Å²) in [6.45, 7) is 8.78. The highest BCUT2D eigenvalue weighted by Gasteiger charge is 2.17. The van der Waals surface area contributed by atoms with E-state index in [1.165, 1.54) is 87.6 Å². The van der Waals surface area contributed by atoms with Gasteiger partial charge >= 0.3 is 0 Å². The highest BCUT2D eigenvalue weighted by Crippen LogP contribution is 2.45. The summed E-state index contributed by atoms with van der Waals surface area (Å²) in [5, 5.41) is 10.8. The van der Waals surface area contributed by atoms with E-state index in [0.717, 1.165) is 0 Å². The molecular formula is C36H28. The highest BCUT2D eigenvalue weighted by molar-refractivity contribution is 6.34. The quantitative estimate of drug-likeness (QED) is 0.178. The van der Waals surface area contributed by atoms with Crippen molar-refractivity contribution in [2.24, 2.45) is 0 Å². The van der Waals surface area contributed by atoms with E-state index in [0.29, 0.717) is 0 Å². The molecule has 7 aromatic rings. The Hall–Kier alpha value is -4.16. The second kappa shape index (κ2) is 7.67. The van der Waals surface area contributed by atoms with Crippen molar-refractivity contribution in [2.45, 2.75) is 27.7 Å². The average Bonchev–Trinajstić information content (AvgIpc) is 2.89. The fourth-order valence-corrected chi connectivity index (χ4v) is 5.95. The van der Waals surface area contributed by atoms with Crippen LogP contribution in [0.4, 0.5) is 0 Å². The third-order valence-electron chi connectivity index (χ3n) is 8.02. The first-order valence-electron chi connectivity index (χ1n) is 12.8. The van der Waals surface area contributed by atoms with Crippen LogP contribution in [0.2, 0.25) is 0 Å². The standard InChI is InChI=1S/C36H28/c1-21-5-11-25(12-6-21)27-17-31-23(3)9-15-29-30-16-10-24(4)32-18-28(26-13-7-22(2)8-14-26)20-34(36(30)32)33(19-27)35(29)31/h5-20H,1-4H3. The van der Waals surface area contributed by atoms with Gasteiger partial charge in [-0.2, -0.15) is 0 Å². The van der Waals surface area contributed by atoms with Gasteiger partial charge < -0.3 is 0 Å². The molecule has 0 N–H and O–H groups in total. The summed E-state index contributed by atoms with van der Waals surface area (Å²) < 4.78 is 0. The van der Waals surface area contributed by atoms with Crippen LogP contribution < -0.4 is 0 Å². The molecule has 0 radical (unpaired) electrons. The summed E-state index contributed by atoms with van der Waals surface area (Å²) in [4.78, 5) is 0. The molecule has 0 saturated carbocycles. The highest BCUT2D eigenvalue weighted by atomic mass is 14.2. The van der Waals surface area contributed by atoms with Gasteiger partial charge in [0.1, 0.15) is 0 Å². The number of fused-ring (bicyclic) bond motifs is 2. The van der Waals surface area contributed by atoms with Crippen molar-refractivity contribution in [3.63, 3.8) is 0 Å². The fraction of sp³-hybridized carbons (Fsp3) is 0.111. The predicted molar refractivity (Wildman–Crippen MR) is 157 cm³/mol. The van der Waals surface area contributed by atoms with E-state index < -0.39 is 0 Å². The van der Waals surface area contributed by atoms with E-state index in [9.17, 15) is 0 Å². The Morgan fingerprint density at radius 3 is 1.06 bits per heavy atom. The van der Waals surface area contributed by atoms with Crippen molar-refractivity contribution in [1.29, 1.82) is 0 Å². The van der Waals surface area contributed by atoms with Crippen molar-refractivity contribution in [1.82, 2.24) is 0 Å². The lowest BCUT2D eigenvalue weighted by atomic mass is 9.84. The lowest BCUT2D eigenvalue weighted by molar-refractivity contribution is 1.47. The molecule has 0 saturated heterocycles. The molecular weight excluding hydrogens is 432 g/mol. The number of aryl methyl sites for hydroxylation is 4. The fourth-order valence-electron chi connectivity index (χ4n) is 5.95. The monoisotopic (exact) mass is 460 g/mol. The van der Waals surface area contributed by atoms with E-state index in [-0.39, 0.29) is 0 Å². The van der Waals surface area contributed by atoms with Gasteiger partial charge in [-0.3, -0.25) is 0 Å². The first kappa shape index (κ1) is 21.1. The van der Waals surface area contributed by atoms with Gasteiger partial charge in [0.05, 0.1) is 0 Å². The molecule has 0 spiro atoms. The topological polar surface area (TPSA) is 0 Å². The second-order valence-electron chi connectivity index (χ2n) is 10.5. The van der Waals surface area contributed by atoms with E-state index in [1.54, 1.807) is 0 Å². The largest absolute Gasteiger partial charge is 0.0587 e. The first-order valence-corrected chi connectivity index (χ1v) is 12.8. The third kappa shape index (κ3) is 3.08. The predicted octanol–water partition coefficient (Wildman–Crippen LogP) is 10.3. The minimum atomic E-state index is 1.27. The molecule has 0 aliphatic carbocycles. The molecule has 0 nitrogen and oxygen atoms in total. The van der Waals surface area contributed by atoms with Crippen LogP contribution in [-0.4, -0.2) is 0 Å². The van der Waals surface area contributed by atoms with E-state index in [4.69, 9.17) is 0 Å². The maximum absolute atomic E-state index is 2.43. The minimum Gasteiger partial charge on any atom is -0.0587 e. The van der Waals surface area contributed by atoms with Gasteiger partial charge in [0.2, 0.25) is 0 Å². The lowest BCUT2D eigenvalue weighted by Gasteiger charge is -2.19. The Labute approximate surface area is 212 Å². The molecule has 0 aromatic heterocycles. The Morgan fingerprint density at radius 2 is 0.667 bits per heavy atom. The maximum atomic E-state index is 2.43. The van der Waals surface area contributed by atoms with Crippen molar-refractivity contribution in [2.75, 3.05) is 0 Å². The Kier molecular flexibility index (Phi) is 4.51. The molecule has 172 valence electrons. The zero-order chi connectivity index (χ0) is 24.6. The molecule has 7 rings (SSSR count). The molecule has 0 bridgehead atoms. The van der Waals surface area contributed by atoms with Crippen molar-refractivity contribution < 1.29 is 0 Å². The van der Waals surface area contributed by atoms with Crippen LogP contribution >= 0.6 is 0 Å². The molecule has 0 atom stereocenters. The molecule has 0 amide bonds. The van der Waals surface area contributed by atoms with Crippen LogP contribution in [0.5, 0.6) is 0 Å². The van der Waals surface area contributed by atoms with Crippen LogP contribution in [0, 0.1) is 27.7 Å². The molecule has 0 heterocycles. The maximum Gasteiger partial charge on any atom is -0.00233 e. The van der Waals surface area contributed by atoms with Gasteiger partial charge in [0.25, 0.3) is 0 Å². The SMILES string of the molecule is Cc1ccc(-c2cc3c(C)ccc4c5ccc(C)c6cc(-c7ccc(C)cc7)cc(c(c2)c34)c65)cc1. The van der Waals surface area contributed by atoms with E-state index in [1.807, 2.05) is 0 Å². The summed E-state index contributed by atoms with van der Waals surface area (Å²) in [5.74, 6) is 0. The number of hydrogen-bond donors (Lipinski definition) is 0. The Morgan fingerprint density at radius 1 is 0.306 bits per heavy atom. The van der Waals surface area contributed by atoms with Crippen molar-refractivity contribution >= 4 is 43.1 Å². The summed E-state index contributed by atoms with van der Waals surface area (Å²) >= 11 is 0. The van der Waals surface area contributed by atoms with Crippen LogP contribution in [0.25, 0.3) is 65.3 Å². The second-order valence-corrected chi connectivity index (χ2v) is 10.5. The summed E-state index contributed by atoms with van der Waals surface area (Å²) in [5.41, 5.74) is 10.3. The molecule has 0 fully saturated rings. The number of benzene rings is 7. The Balaban J connectivity index is 1.69. The summed E-state index contributed by atoms with van der Waals surface area (Å²) in [7, 11) is 0. The minimum absolute atomic E-state index is 1.27. The lowest BCUT2D eigenvalue weighted by Crippen LogP contribution is -1.92. The normalized spacial score (nSPS) is 11.9. The van der Waals surface area contributed by atoms with Gasteiger partial charge in [0.15, 0.2) is 0 Å². The van der Waals surface area contributed by atoms with Crippen LogP contribution in [0.1, 0.15) is 22.3 Å². The Bertz CT molecular complexity index is 1790. The van der Waals surface area contributed by atoms with Gasteiger partial charge in [0, 0.05) is 0 Å². The molecule has 7 aromatic carbocycles. The molecule has 0 aliphatic rings. The van der Waals surface area contributed by atoms with Crippen LogP contribution in [-0.2, 0) is 0 Å². The van der Waals surface area contributed by atoms with Gasteiger partial charge in [-0.1, -0.05) is 83.9 Å².